The summed E-state index contributed by atoms with van der Waals surface area (Å²) in [6, 6.07) is 9.85. The van der Waals surface area contributed by atoms with Crippen molar-refractivity contribution < 1.29 is 9.90 Å². The molecule has 0 radical (unpaired) electrons. The minimum absolute atomic E-state index is 0.0892. The number of nitrogens with zero attached hydrogens (tertiary/aromatic N) is 1. The molecule has 1 aliphatic heterocycles. The Hall–Kier alpha value is -1.35. The molecule has 2 rings (SSSR count). The van der Waals surface area contributed by atoms with Crippen molar-refractivity contribution in [2.24, 2.45) is 5.92 Å². The highest BCUT2D eigenvalue weighted by Gasteiger charge is 2.28. The van der Waals surface area contributed by atoms with Crippen LogP contribution in [-0.4, -0.2) is 35.6 Å². The molecule has 0 aliphatic carbocycles. The van der Waals surface area contributed by atoms with Crippen LogP contribution in [0.5, 0.6) is 0 Å². The van der Waals surface area contributed by atoms with E-state index in [1.807, 2.05) is 42.2 Å². The van der Waals surface area contributed by atoms with Gasteiger partial charge in [0.2, 0.25) is 5.91 Å². The Morgan fingerprint density at radius 3 is 2.76 bits per heavy atom. The van der Waals surface area contributed by atoms with Crippen LogP contribution in [-0.2, 0) is 4.79 Å². The van der Waals surface area contributed by atoms with Crippen LogP contribution in [0.2, 0.25) is 0 Å². The van der Waals surface area contributed by atoms with Crippen molar-refractivity contribution >= 4 is 5.91 Å². The summed E-state index contributed by atoms with van der Waals surface area (Å²) in [7, 11) is 0. The van der Waals surface area contributed by atoms with E-state index in [2.05, 4.69) is 0 Å². The van der Waals surface area contributed by atoms with Crippen molar-refractivity contribution in [3.05, 3.63) is 35.9 Å². The number of hydrogen-bond acceptors (Lipinski definition) is 2. The quantitative estimate of drug-likeness (QED) is 0.862. The number of aliphatic hydroxyl groups is 1. The zero-order valence-corrected chi connectivity index (χ0v) is 10.2. The lowest BCUT2D eigenvalue weighted by molar-refractivity contribution is -0.131. The van der Waals surface area contributed by atoms with Crippen molar-refractivity contribution in [3.8, 4) is 0 Å². The summed E-state index contributed by atoms with van der Waals surface area (Å²) in [6.45, 7) is 3.61. The smallest absolute Gasteiger partial charge is 0.229 e. The number of carbonyl (C=O) groups excluding carboxylic acids is 1. The second-order valence-electron chi connectivity index (χ2n) is 4.75. The van der Waals surface area contributed by atoms with Crippen LogP contribution in [0.4, 0.5) is 0 Å². The highest BCUT2D eigenvalue weighted by Crippen LogP contribution is 2.22. The normalized spacial score (nSPS) is 21.5. The Kier molecular flexibility index (Phi) is 3.79. The van der Waals surface area contributed by atoms with Gasteiger partial charge in [0.15, 0.2) is 0 Å². The van der Waals surface area contributed by atoms with Gasteiger partial charge >= 0.3 is 0 Å². The summed E-state index contributed by atoms with van der Waals surface area (Å²) in [4.78, 5) is 14.1. The molecule has 1 heterocycles. The fraction of sp³-hybridized carbons (Fsp3) is 0.500. The van der Waals surface area contributed by atoms with Crippen LogP contribution in [0.1, 0.15) is 24.8 Å². The third-order valence-electron chi connectivity index (χ3n) is 3.53. The Bertz CT molecular complexity index is 377. The van der Waals surface area contributed by atoms with E-state index in [1.54, 1.807) is 0 Å². The molecule has 1 amide bonds. The van der Waals surface area contributed by atoms with Crippen LogP contribution in [0.15, 0.2) is 30.3 Å². The summed E-state index contributed by atoms with van der Waals surface area (Å²) in [5, 5.41) is 9.08. The van der Waals surface area contributed by atoms with Crippen molar-refractivity contribution in [2.45, 2.75) is 19.3 Å². The molecule has 0 spiro atoms. The zero-order chi connectivity index (χ0) is 12.3. The molecular weight excluding hydrogens is 214 g/mol. The largest absolute Gasteiger partial charge is 0.396 e. The van der Waals surface area contributed by atoms with Crippen LogP contribution >= 0.6 is 0 Å². The fourth-order valence-corrected chi connectivity index (χ4v) is 2.34. The maximum atomic E-state index is 12.3. The minimum atomic E-state index is -0.0892. The van der Waals surface area contributed by atoms with Crippen molar-refractivity contribution in [1.29, 1.82) is 0 Å². The molecule has 0 saturated carbocycles. The van der Waals surface area contributed by atoms with Gasteiger partial charge in [-0.05, 0) is 18.9 Å². The van der Waals surface area contributed by atoms with Gasteiger partial charge in [-0.15, -0.1) is 0 Å². The number of amides is 1. The molecule has 1 aromatic carbocycles. The number of likely N-dealkylation sites (tertiary alicyclic amines) is 1. The maximum Gasteiger partial charge on any atom is 0.229 e. The number of benzene rings is 1. The van der Waals surface area contributed by atoms with Crippen LogP contribution in [0, 0.1) is 5.92 Å². The Morgan fingerprint density at radius 2 is 2.18 bits per heavy atom. The van der Waals surface area contributed by atoms with Gasteiger partial charge in [0.25, 0.3) is 0 Å². The molecule has 3 heteroatoms. The first-order chi connectivity index (χ1) is 8.22. The lowest BCUT2D eigenvalue weighted by atomic mass is 10.00. The number of hydrogen-bond donors (Lipinski definition) is 1. The molecule has 0 bridgehead atoms. The van der Waals surface area contributed by atoms with Crippen molar-refractivity contribution in [3.63, 3.8) is 0 Å². The van der Waals surface area contributed by atoms with Gasteiger partial charge in [0.1, 0.15) is 0 Å². The highest BCUT2D eigenvalue weighted by molar-refractivity contribution is 5.83. The molecular formula is C14H19NO2. The topological polar surface area (TPSA) is 40.5 Å². The summed E-state index contributed by atoms with van der Waals surface area (Å²) in [5.74, 6) is 0.350. The lowest BCUT2D eigenvalue weighted by Crippen LogP contribution is -2.32. The third-order valence-corrected chi connectivity index (χ3v) is 3.53. The lowest BCUT2D eigenvalue weighted by Gasteiger charge is -2.21. The van der Waals surface area contributed by atoms with Gasteiger partial charge in [-0.1, -0.05) is 30.3 Å². The first kappa shape index (κ1) is 12.1. The number of carbonyl (C=O) groups is 1. The van der Waals surface area contributed by atoms with E-state index in [0.717, 1.165) is 18.5 Å². The monoisotopic (exact) mass is 233 g/mol. The predicted octanol–water partition coefficient (Wildman–Crippen LogP) is 1.63. The molecule has 3 nitrogen and oxygen atoms in total. The Morgan fingerprint density at radius 1 is 1.47 bits per heavy atom. The van der Waals surface area contributed by atoms with Gasteiger partial charge in [-0.2, -0.15) is 0 Å². The van der Waals surface area contributed by atoms with Crippen molar-refractivity contribution in [1.82, 2.24) is 4.90 Å². The van der Waals surface area contributed by atoms with Gasteiger partial charge in [-0.25, -0.2) is 0 Å². The minimum Gasteiger partial charge on any atom is -0.396 e. The van der Waals surface area contributed by atoms with Gasteiger partial charge < -0.3 is 10.0 Å². The average Bonchev–Trinajstić information content (AvgIpc) is 2.87. The van der Waals surface area contributed by atoms with E-state index in [0.29, 0.717) is 6.54 Å². The molecule has 0 aromatic heterocycles. The molecule has 2 atom stereocenters. The van der Waals surface area contributed by atoms with E-state index in [1.165, 1.54) is 0 Å². The van der Waals surface area contributed by atoms with Gasteiger partial charge in [0, 0.05) is 25.6 Å². The second kappa shape index (κ2) is 5.32. The SMILES string of the molecule is CC(C(=O)N1CCC(CO)C1)c1ccccc1. The fourth-order valence-electron chi connectivity index (χ4n) is 2.34. The molecule has 1 N–H and O–H groups in total. The average molecular weight is 233 g/mol. The Labute approximate surface area is 102 Å². The van der Waals surface area contributed by atoms with Crippen molar-refractivity contribution in [2.75, 3.05) is 19.7 Å². The zero-order valence-electron chi connectivity index (χ0n) is 10.2. The number of aliphatic hydroxyl groups excluding tert-OH is 1. The molecule has 1 aromatic rings. The van der Waals surface area contributed by atoms with E-state index in [9.17, 15) is 4.79 Å². The highest BCUT2D eigenvalue weighted by atomic mass is 16.3. The first-order valence-corrected chi connectivity index (χ1v) is 6.17. The summed E-state index contributed by atoms with van der Waals surface area (Å²) >= 11 is 0. The third kappa shape index (κ3) is 2.67. The van der Waals surface area contributed by atoms with E-state index >= 15 is 0 Å². The summed E-state index contributed by atoms with van der Waals surface area (Å²) in [5.41, 5.74) is 1.06. The maximum absolute atomic E-state index is 12.3. The van der Waals surface area contributed by atoms with E-state index < -0.39 is 0 Å². The molecule has 17 heavy (non-hydrogen) atoms. The number of rotatable bonds is 3. The van der Waals surface area contributed by atoms with E-state index in [4.69, 9.17) is 5.11 Å². The summed E-state index contributed by atoms with van der Waals surface area (Å²) < 4.78 is 0. The van der Waals surface area contributed by atoms with Gasteiger partial charge in [-0.3, -0.25) is 4.79 Å². The second-order valence-corrected chi connectivity index (χ2v) is 4.75. The van der Waals surface area contributed by atoms with E-state index in [-0.39, 0.29) is 24.3 Å². The molecule has 1 saturated heterocycles. The molecule has 1 aliphatic rings. The van der Waals surface area contributed by atoms with Crippen LogP contribution in [0.25, 0.3) is 0 Å². The summed E-state index contributed by atoms with van der Waals surface area (Å²) in [6.07, 6.45) is 0.920. The molecule has 1 fully saturated rings. The predicted molar refractivity (Wildman–Crippen MR) is 66.6 cm³/mol. The van der Waals surface area contributed by atoms with Crippen LogP contribution < -0.4 is 0 Å². The first-order valence-electron chi connectivity index (χ1n) is 6.17. The molecule has 2 unspecified atom stereocenters. The molecule has 92 valence electrons. The standard InChI is InChI=1S/C14H19NO2/c1-11(13-5-3-2-4-6-13)14(17)15-8-7-12(9-15)10-16/h2-6,11-12,16H,7-10H2,1H3. The van der Waals surface area contributed by atoms with Gasteiger partial charge in [0.05, 0.1) is 5.92 Å². The van der Waals surface area contributed by atoms with Crippen LogP contribution in [0.3, 0.4) is 0 Å². The Balaban J connectivity index is 2.01.